The Labute approximate surface area is 131 Å². The number of aromatic amines is 1. The monoisotopic (exact) mass is 364 g/mol. The van der Waals surface area contributed by atoms with Crippen LogP contribution in [0.25, 0.3) is 10.2 Å². The minimum atomic E-state index is -1.05. The van der Waals surface area contributed by atoms with Gasteiger partial charge in [0.2, 0.25) is 0 Å². The van der Waals surface area contributed by atoms with Gasteiger partial charge in [0.1, 0.15) is 15.4 Å². The van der Waals surface area contributed by atoms with E-state index in [0.29, 0.717) is 22.5 Å². The molecule has 7 heteroatoms. The summed E-state index contributed by atoms with van der Waals surface area (Å²) in [7, 11) is 0. The zero-order valence-electron chi connectivity index (χ0n) is 10.6. The highest BCUT2D eigenvalue weighted by Gasteiger charge is 2.13. The summed E-state index contributed by atoms with van der Waals surface area (Å²) in [6, 6.07) is 9.14. The number of hydrogen-bond acceptors (Lipinski definition) is 4. The van der Waals surface area contributed by atoms with E-state index in [2.05, 4.69) is 25.9 Å². The van der Waals surface area contributed by atoms with Crippen LogP contribution in [-0.2, 0) is 6.42 Å². The number of aromatic nitrogens is 2. The van der Waals surface area contributed by atoms with E-state index in [4.69, 9.17) is 5.11 Å². The van der Waals surface area contributed by atoms with Crippen molar-refractivity contribution in [1.82, 2.24) is 9.97 Å². The van der Waals surface area contributed by atoms with Gasteiger partial charge in [-0.15, -0.1) is 11.3 Å². The van der Waals surface area contributed by atoms with Crippen molar-refractivity contribution in [2.24, 2.45) is 0 Å². The number of fused-ring (bicyclic) bond motifs is 1. The van der Waals surface area contributed by atoms with Crippen molar-refractivity contribution in [3.8, 4) is 0 Å². The molecule has 1 aromatic carbocycles. The minimum absolute atomic E-state index is 0.114. The van der Waals surface area contributed by atoms with Gasteiger partial charge in [-0.25, -0.2) is 9.78 Å². The third-order valence-corrected chi connectivity index (χ3v) is 4.51. The second-order valence-electron chi connectivity index (χ2n) is 4.45. The Morgan fingerprint density at radius 1 is 1.38 bits per heavy atom. The van der Waals surface area contributed by atoms with Crippen molar-refractivity contribution in [2.75, 3.05) is 0 Å². The summed E-state index contributed by atoms with van der Waals surface area (Å²) in [6.45, 7) is 0. The maximum absolute atomic E-state index is 12.0. The molecule has 0 atom stereocenters. The fourth-order valence-electron chi connectivity index (χ4n) is 2.02. The van der Waals surface area contributed by atoms with E-state index in [1.54, 1.807) is 0 Å². The predicted molar refractivity (Wildman–Crippen MR) is 84.1 cm³/mol. The van der Waals surface area contributed by atoms with Gasteiger partial charge in [0.05, 0.1) is 5.52 Å². The van der Waals surface area contributed by atoms with Crippen LogP contribution in [0.2, 0.25) is 0 Å². The highest BCUT2D eigenvalue weighted by Crippen LogP contribution is 2.21. The number of aromatic carboxylic acids is 1. The van der Waals surface area contributed by atoms with Crippen molar-refractivity contribution in [3.63, 3.8) is 0 Å². The van der Waals surface area contributed by atoms with Gasteiger partial charge in [0.25, 0.3) is 5.56 Å². The number of carboxylic acids is 1. The van der Waals surface area contributed by atoms with E-state index in [0.717, 1.165) is 21.4 Å². The van der Waals surface area contributed by atoms with Crippen molar-refractivity contribution >= 4 is 43.5 Å². The standard InChI is InChI=1S/C14H9BrN2O3S/c15-8-3-1-2-7(4-8)5-11-16-9-6-10(14(19)20)21-12(9)13(18)17-11/h1-4,6H,5H2,(H,19,20)(H,16,17,18). The molecule has 21 heavy (non-hydrogen) atoms. The molecule has 0 saturated carbocycles. The smallest absolute Gasteiger partial charge is 0.345 e. The zero-order chi connectivity index (χ0) is 15.0. The Morgan fingerprint density at radius 3 is 2.90 bits per heavy atom. The van der Waals surface area contributed by atoms with Crippen LogP contribution >= 0.6 is 27.3 Å². The summed E-state index contributed by atoms with van der Waals surface area (Å²) in [5, 5.41) is 8.98. The molecule has 0 aliphatic heterocycles. The normalized spacial score (nSPS) is 10.9. The van der Waals surface area contributed by atoms with E-state index in [1.165, 1.54) is 6.07 Å². The number of benzene rings is 1. The van der Waals surface area contributed by atoms with Gasteiger partial charge in [-0.3, -0.25) is 4.79 Å². The Balaban J connectivity index is 2.04. The van der Waals surface area contributed by atoms with Crippen molar-refractivity contribution in [3.05, 3.63) is 61.4 Å². The number of nitrogens with zero attached hydrogens (tertiary/aromatic N) is 1. The predicted octanol–water partition coefficient (Wildman–Crippen LogP) is 3.04. The molecule has 3 aromatic rings. The molecule has 0 fully saturated rings. The SMILES string of the molecule is O=C(O)c1cc2nc(Cc3cccc(Br)c3)[nH]c(=O)c2s1. The molecule has 0 unspecified atom stereocenters. The average Bonchev–Trinajstić information content (AvgIpc) is 2.83. The highest BCUT2D eigenvalue weighted by molar-refractivity contribution is 9.10. The van der Waals surface area contributed by atoms with Gasteiger partial charge in [-0.2, -0.15) is 0 Å². The van der Waals surface area contributed by atoms with Gasteiger partial charge in [-0.1, -0.05) is 28.1 Å². The molecule has 3 rings (SSSR count). The number of H-pyrrole nitrogens is 1. The number of hydrogen-bond donors (Lipinski definition) is 2. The molecule has 106 valence electrons. The number of thiophene rings is 1. The third kappa shape index (κ3) is 2.88. The number of halogens is 1. The van der Waals surface area contributed by atoms with Gasteiger partial charge >= 0.3 is 5.97 Å². The van der Waals surface area contributed by atoms with Gasteiger partial charge in [0.15, 0.2) is 0 Å². The lowest BCUT2D eigenvalue weighted by atomic mass is 10.1. The fourth-order valence-corrected chi connectivity index (χ4v) is 3.29. The molecule has 0 aliphatic carbocycles. The second kappa shape index (κ2) is 5.42. The molecule has 0 radical (unpaired) electrons. The Morgan fingerprint density at radius 2 is 2.19 bits per heavy atom. The quantitative estimate of drug-likeness (QED) is 0.748. The van der Waals surface area contributed by atoms with Crippen LogP contribution in [-0.4, -0.2) is 21.0 Å². The van der Waals surface area contributed by atoms with Crippen molar-refractivity contribution in [1.29, 1.82) is 0 Å². The van der Waals surface area contributed by atoms with E-state index >= 15 is 0 Å². The van der Waals surface area contributed by atoms with E-state index in [1.807, 2.05) is 24.3 Å². The lowest BCUT2D eigenvalue weighted by molar-refractivity contribution is 0.0702. The molecule has 0 saturated heterocycles. The summed E-state index contributed by atoms with van der Waals surface area (Å²) in [5.41, 5.74) is 1.12. The first-order chi connectivity index (χ1) is 10.0. The zero-order valence-corrected chi connectivity index (χ0v) is 13.0. The topological polar surface area (TPSA) is 83.0 Å². The van der Waals surface area contributed by atoms with E-state index in [9.17, 15) is 9.59 Å². The number of rotatable bonds is 3. The lowest BCUT2D eigenvalue weighted by Crippen LogP contribution is -2.10. The third-order valence-electron chi connectivity index (χ3n) is 2.90. The summed E-state index contributed by atoms with van der Waals surface area (Å²) in [5.74, 6) is -0.536. The van der Waals surface area contributed by atoms with E-state index in [-0.39, 0.29) is 10.4 Å². The molecule has 0 spiro atoms. The number of carboxylic acid groups (broad SMARTS) is 1. The van der Waals surface area contributed by atoms with Gasteiger partial charge < -0.3 is 10.1 Å². The van der Waals surface area contributed by atoms with Crippen LogP contribution in [0.5, 0.6) is 0 Å². The number of nitrogens with one attached hydrogen (secondary N) is 1. The Bertz CT molecular complexity index is 901. The molecule has 0 aliphatic rings. The lowest BCUT2D eigenvalue weighted by Gasteiger charge is -2.02. The molecule has 2 heterocycles. The van der Waals surface area contributed by atoms with Crippen LogP contribution in [0.3, 0.4) is 0 Å². The van der Waals surface area contributed by atoms with Crippen molar-refractivity contribution < 1.29 is 9.90 Å². The molecular formula is C14H9BrN2O3S. The summed E-state index contributed by atoms with van der Waals surface area (Å²) in [4.78, 5) is 30.1. The molecule has 0 amide bonds. The van der Waals surface area contributed by atoms with Crippen LogP contribution < -0.4 is 5.56 Å². The van der Waals surface area contributed by atoms with E-state index < -0.39 is 5.97 Å². The molecule has 2 aromatic heterocycles. The first-order valence-corrected chi connectivity index (χ1v) is 7.64. The van der Waals surface area contributed by atoms with Crippen LogP contribution in [0.4, 0.5) is 0 Å². The molecule has 0 bridgehead atoms. The van der Waals surface area contributed by atoms with Gasteiger partial charge in [0, 0.05) is 10.9 Å². The summed E-state index contributed by atoms with van der Waals surface area (Å²) < 4.78 is 1.29. The number of carbonyl (C=O) groups is 1. The summed E-state index contributed by atoms with van der Waals surface area (Å²) >= 11 is 4.33. The van der Waals surface area contributed by atoms with Crippen LogP contribution in [0.15, 0.2) is 39.6 Å². The fraction of sp³-hybridized carbons (Fsp3) is 0.0714. The first kappa shape index (κ1) is 14.0. The summed E-state index contributed by atoms with van der Waals surface area (Å²) in [6.07, 6.45) is 0.475. The van der Waals surface area contributed by atoms with Crippen LogP contribution in [0.1, 0.15) is 21.1 Å². The van der Waals surface area contributed by atoms with Crippen molar-refractivity contribution in [2.45, 2.75) is 6.42 Å². The maximum Gasteiger partial charge on any atom is 0.345 e. The highest BCUT2D eigenvalue weighted by atomic mass is 79.9. The van der Waals surface area contributed by atoms with Crippen LogP contribution in [0, 0.1) is 0 Å². The molecule has 2 N–H and O–H groups in total. The Kier molecular flexibility index (Phi) is 3.60. The Hall–Kier alpha value is -1.99. The largest absolute Gasteiger partial charge is 0.477 e. The first-order valence-electron chi connectivity index (χ1n) is 6.03. The molecule has 5 nitrogen and oxygen atoms in total. The minimum Gasteiger partial charge on any atom is -0.477 e. The van der Waals surface area contributed by atoms with Gasteiger partial charge in [-0.05, 0) is 23.8 Å². The maximum atomic E-state index is 12.0. The molecular weight excluding hydrogens is 356 g/mol. The second-order valence-corrected chi connectivity index (χ2v) is 6.42. The average molecular weight is 365 g/mol.